The normalized spacial score (nSPS) is 11.5. The second kappa shape index (κ2) is 7.33. The van der Waals surface area contributed by atoms with Crippen molar-refractivity contribution in [2.45, 2.75) is 26.3 Å². The average molecular weight is 277 g/mol. The van der Waals surface area contributed by atoms with E-state index < -0.39 is 17.9 Å². The molecule has 20 heavy (non-hydrogen) atoms. The van der Waals surface area contributed by atoms with E-state index in [-0.39, 0.29) is 13.0 Å². The Labute approximate surface area is 118 Å². The highest BCUT2D eigenvalue weighted by Gasteiger charge is 2.18. The van der Waals surface area contributed by atoms with Gasteiger partial charge in [0.1, 0.15) is 11.8 Å². The Morgan fingerprint density at radius 1 is 1.45 bits per heavy atom. The van der Waals surface area contributed by atoms with Crippen LogP contribution < -0.4 is 10.1 Å². The minimum atomic E-state index is -1.09. The first-order valence-electron chi connectivity index (χ1n) is 6.27. The molecule has 0 aliphatic heterocycles. The molecule has 1 atom stereocenters. The van der Waals surface area contributed by atoms with Gasteiger partial charge >= 0.3 is 5.97 Å². The second-order valence-corrected chi connectivity index (χ2v) is 4.54. The Bertz CT molecular complexity index is 511. The Kier molecular flexibility index (Phi) is 5.77. The topological polar surface area (TPSA) is 75.6 Å². The molecule has 0 saturated carbocycles. The fourth-order valence-corrected chi connectivity index (χ4v) is 1.73. The number of aliphatic carboxylic acids is 1. The third kappa shape index (κ3) is 4.76. The van der Waals surface area contributed by atoms with Gasteiger partial charge in [0.25, 0.3) is 5.91 Å². The molecule has 1 rings (SSSR count). The molecule has 0 aromatic heterocycles. The number of carbonyl (C=O) groups excluding carboxylic acids is 1. The van der Waals surface area contributed by atoms with Crippen molar-refractivity contribution < 1.29 is 19.4 Å². The molecular weight excluding hydrogens is 258 g/mol. The van der Waals surface area contributed by atoms with Crippen LogP contribution in [-0.2, 0) is 9.59 Å². The van der Waals surface area contributed by atoms with Gasteiger partial charge in [0.15, 0.2) is 6.61 Å². The van der Waals surface area contributed by atoms with Gasteiger partial charge in [-0.15, -0.1) is 6.58 Å². The monoisotopic (exact) mass is 277 g/mol. The molecule has 5 heteroatoms. The molecule has 1 amide bonds. The maximum absolute atomic E-state index is 11.7. The quantitative estimate of drug-likeness (QED) is 0.745. The molecule has 108 valence electrons. The van der Waals surface area contributed by atoms with Crippen LogP contribution >= 0.6 is 0 Å². The van der Waals surface area contributed by atoms with Gasteiger partial charge in [0.2, 0.25) is 0 Å². The van der Waals surface area contributed by atoms with Crippen LogP contribution in [0.15, 0.2) is 30.9 Å². The molecule has 1 aromatic carbocycles. The number of carboxylic acid groups (broad SMARTS) is 1. The zero-order valence-corrected chi connectivity index (χ0v) is 11.7. The molecule has 5 nitrogen and oxygen atoms in total. The van der Waals surface area contributed by atoms with Crippen molar-refractivity contribution in [2.24, 2.45) is 0 Å². The van der Waals surface area contributed by atoms with Crippen molar-refractivity contribution in [3.8, 4) is 5.75 Å². The van der Waals surface area contributed by atoms with Gasteiger partial charge in [0, 0.05) is 0 Å². The number of aryl methyl sites for hydroxylation is 2. The molecule has 0 spiro atoms. The van der Waals surface area contributed by atoms with Crippen LogP contribution in [0.2, 0.25) is 0 Å². The maximum Gasteiger partial charge on any atom is 0.326 e. The molecule has 1 unspecified atom stereocenters. The summed E-state index contributed by atoms with van der Waals surface area (Å²) in [7, 11) is 0. The van der Waals surface area contributed by atoms with Crippen LogP contribution in [0.1, 0.15) is 17.5 Å². The number of ether oxygens (including phenoxy) is 1. The number of hydrogen-bond donors (Lipinski definition) is 2. The molecule has 0 bridgehead atoms. The van der Waals surface area contributed by atoms with Gasteiger partial charge in [-0.2, -0.15) is 0 Å². The number of rotatable bonds is 7. The molecule has 1 aromatic rings. The van der Waals surface area contributed by atoms with E-state index >= 15 is 0 Å². The van der Waals surface area contributed by atoms with Crippen LogP contribution in [0.5, 0.6) is 5.75 Å². The Hall–Kier alpha value is -2.30. The van der Waals surface area contributed by atoms with Crippen molar-refractivity contribution in [1.29, 1.82) is 0 Å². The number of hydrogen-bond acceptors (Lipinski definition) is 3. The number of nitrogens with one attached hydrogen (secondary N) is 1. The Morgan fingerprint density at radius 3 is 2.70 bits per heavy atom. The van der Waals surface area contributed by atoms with Gasteiger partial charge in [-0.05, 0) is 31.9 Å². The summed E-state index contributed by atoms with van der Waals surface area (Å²) in [4.78, 5) is 22.5. The smallest absolute Gasteiger partial charge is 0.326 e. The zero-order chi connectivity index (χ0) is 15.1. The summed E-state index contributed by atoms with van der Waals surface area (Å²) in [6.45, 7) is 7.10. The van der Waals surface area contributed by atoms with Crippen LogP contribution in [0.3, 0.4) is 0 Å². The lowest BCUT2D eigenvalue weighted by atomic mass is 10.1. The van der Waals surface area contributed by atoms with E-state index in [0.29, 0.717) is 5.75 Å². The van der Waals surface area contributed by atoms with Crippen molar-refractivity contribution >= 4 is 11.9 Å². The Morgan fingerprint density at radius 2 is 2.15 bits per heavy atom. The second-order valence-electron chi connectivity index (χ2n) is 4.54. The van der Waals surface area contributed by atoms with Gasteiger partial charge in [-0.3, -0.25) is 4.79 Å². The fourth-order valence-electron chi connectivity index (χ4n) is 1.73. The highest BCUT2D eigenvalue weighted by molar-refractivity contribution is 5.84. The molecule has 0 aliphatic rings. The summed E-state index contributed by atoms with van der Waals surface area (Å²) < 4.78 is 5.38. The summed E-state index contributed by atoms with van der Waals surface area (Å²) in [6, 6.07) is 4.65. The van der Waals surface area contributed by atoms with E-state index in [1.807, 2.05) is 26.0 Å². The van der Waals surface area contributed by atoms with Crippen molar-refractivity contribution in [2.75, 3.05) is 6.61 Å². The molecule has 0 fully saturated rings. The average Bonchev–Trinajstić information content (AvgIpc) is 2.37. The summed E-state index contributed by atoms with van der Waals surface area (Å²) in [5.74, 6) is -0.953. The molecule has 2 N–H and O–H groups in total. The number of carboxylic acids is 1. The third-order valence-corrected chi connectivity index (χ3v) is 2.72. The van der Waals surface area contributed by atoms with Crippen LogP contribution in [-0.4, -0.2) is 29.6 Å². The maximum atomic E-state index is 11.7. The molecule has 0 saturated heterocycles. The van der Waals surface area contributed by atoms with Gasteiger partial charge < -0.3 is 15.2 Å². The SMILES string of the molecule is C=CCC(NC(=O)COc1ccc(C)cc1C)C(=O)O. The molecular formula is C15H19NO4. The number of amides is 1. The van der Waals surface area contributed by atoms with E-state index in [9.17, 15) is 9.59 Å². The van der Waals surface area contributed by atoms with Crippen LogP contribution in [0.4, 0.5) is 0 Å². The standard InChI is InChI=1S/C15H19NO4/c1-4-5-12(15(18)19)16-14(17)9-20-13-7-6-10(2)8-11(13)3/h4,6-8,12H,1,5,9H2,2-3H3,(H,16,17)(H,18,19). The van der Waals surface area contributed by atoms with Crippen LogP contribution in [0, 0.1) is 13.8 Å². The molecule has 0 heterocycles. The van der Waals surface area contributed by atoms with Crippen molar-refractivity contribution in [3.63, 3.8) is 0 Å². The first kappa shape index (κ1) is 15.8. The van der Waals surface area contributed by atoms with E-state index in [2.05, 4.69) is 11.9 Å². The van der Waals surface area contributed by atoms with E-state index in [0.717, 1.165) is 11.1 Å². The summed E-state index contributed by atoms with van der Waals surface area (Å²) in [6.07, 6.45) is 1.62. The Balaban J connectivity index is 2.54. The number of carbonyl (C=O) groups is 2. The third-order valence-electron chi connectivity index (χ3n) is 2.72. The lowest BCUT2D eigenvalue weighted by Crippen LogP contribution is -2.42. The minimum absolute atomic E-state index is 0.171. The first-order chi connectivity index (χ1) is 9.43. The highest BCUT2D eigenvalue weighted by atomic mass is 16.5. The van der Waals surface area contributed by atoms with Crippen molar-refractivity contribution in [1.82, 2.24) is 5.32 Å². The summed E-state index contributed by atoms with van der Waals surface area (Å²) in [5.41, 5.74) is 2.04. The first-order valence-corrected chi connectivity index (χ1v) is 6.27. The van der Waals surface area contributed by atoms with E-state index in [4.69, 9.17) is 9.84 Å². The summed E-state index contributed by atoms with van der Waals surface area (Å²) >= 11 is 0. The number of benzene rings is 1. The lowest BCUT2D eigenvalue weighted by Gasteiger charge is -2.14. The van der Waals surface area contributed by atoms with Gasteiger partial charge in [-0.25, -0.2) is 4.79 Å². The molecule has 0 radical (unpaired) electrons. The van der Waals surface area contributed by atoms with E-state index in [1.54, 1.807) is 6.07 Å². The zero-order valence-electron chi connectivity index (χ0n) is 11.7. The predicted octanol–water partition coefficient (Wildman–Crippen LogP) is 1.83. The summed E-state index contributed by atoms with van der Waals surface area (Å²) in [5, 5.41) is 11.3. The van der Waals surface area contributed by atoms with Gasteiger partial charge in [0.05, 0.1) is 0 Å². The fraction of sp³-hybridized carbons (Fsp3) is 0.333. The molecule has 0 aliphatic carbocycles. The highest BCUT2D eigenvalue weighted by Crippen LogP contribution is 2.18. The largest absolute Gasteiger partial charge is 0.484 e. The minimum Gasteiger partial charge on any atom is -0.484 e. The van der Waals surface area contributed by atoms with Crippen molar-refractivity contribution in [3.05, 3.63) is 42.0 Å². The predicted molar refractivity (Wildman–Crippen MR) is 75.8 cm³/mol. The lowest BCUT2D eigenvalue weighted by molar-refractivity contribution is -0.142. The van der Waals surface area contributed by atoms with E-state index in [1.165, 1.54) is 6.08 Å². The van der Waals surface area contributed by atoms with Crippen LogP contribution in [0.25, 0.3) is 0 Å². The van der Waals surface area contributed by atoms with Gasteiger partial charge in [-0.1, -0.05) is 23.8 Å².